The van der Waals surface area contributed by atoms with Gasteiger partial charge in [-0.3, -0.25) is 0 Å². The number of hydrogen-bond donors (Lipinski definition) is 1. The van der Waals surface area contributed by atoms with Crippen molar-refractivity contribution in [2.75, 3.05) is 13.2 Å². The zero-order valence-corrected chi connectivity index (χ0v) is 10.7. The number of aliphatic hydroxyl groups excluding tert-OH is 1. The van der Waals surface area contributed by atoms with Crippen LogP contribution >= 0.6 is 0 Å². The second-order valence-electron chi connectivity index (χ2n) is 4.50. The molecular weight excluding hydrogens is 188 g/mol. The Hall–Kier alpha value is -0.0800. The Morgan fingerprint density at radius 2 is 1.60 bits per heavy atom. The summed E-state index contributed by atoms with van der Waals surface area (Å²) in [5.41, 5.74) is 0. The molecular formula is C13H28O2. The molecule has 0 aliphatic carbocycles. The normalized spacial score (nSPS) is 15.2. The van der Waals surface area contributed by atoms with Gasteiger partial charge < -0.3 is 9.84 Å². The lowest BCUT2D eigenvalue weighted by atomic mass is 10.1. The Kier molecular flexibility index (Phi) is 10.4. The van der Waals surface area contributed by atoms with Crippen LogP contribution < -0.4 is 0 Å². The van der Waals surface area contributed by atoms with Crippen LogP contribution in [0.4, 0.5) is 0 Å². The number of aliphatic hydroxyl groups is 1. The van der Waals surface area contributed by atoms with E-state index in [1.807, 2.05) is 13.8 Å². The van der Waals surface area contributed by atoms with Gasteiger partial charge in [-0.25, -0.2) is 0 Å². The third kappa shape index (κ3) is 8.88. The fraction of sp³-hybridized carbons (Fsp3) is 1.00. The molecule has 2 heteroatoms. The average Bonchev–Trinajstić information content (AvgIpc) is 2.26. The van der Waals surface area contributed by atoms with Crippen LogP contribution in [-0.4, -0.2) is 24.4 Å². The van der Waals surface area contributed by atoms with Crippen molar-refractivity contribution < 1.29 is 9.84 Å². The van der Waals surface area contributed by atoms with Crippen molar-refractivity contribution in [1.82, 2.24) is 0 Å². The average molecular weight is 216 g/mol. The molecule has 0 saturated carbocycles. The van der Waals surface area contributed by atoms with E-state index >= 15 is 0 Å². The second-order valence-corrected chi connectivity index (χ2v) is 4.50. The smallest absolute Gasteiger partial charge is 0.0594 e. The fourth-order valence-electron chi connectivity index (χ4n) is 1.46. The first-order valence-electron chi connectivity index (χ1n) is 6.44. The van der Waals surface area contributed by atoms with E-state index in [1.165, 1.54) is 32.1 Å². The molecule has 0 rings (SSSR count). The monoisotopic (exact) mass is 216 g/mol. The molecule has 0 bridgehead atoms. The van der Waals surface area contributed by atoms with Gasteiger partial charge in [0, 0.05) is 19.1 Å². The van der Waals surface area contributed by atoms with Gasteiger partial charge in [-0.15, -0.1) is 0 Å². The van der Waals surface area contributed by atoms with Gasteiger partial charge in [0.1, 0.15) is 0 Å². The number of hydrogen-bond acceptors (Lipinski definition) is 2. The summed E-state index contributed by atoms with van der Waals surface area (Å²) in [6.07, 6.45) is 7.98. The molecule has 92 valence electrons. The Labute approximate surface area is 95.0 Å². The predicted octanol–water partition coefficient (Wildman–Crippen LogP) is 3.38. The largest absolute Gasteiger partial charge is 0.396 e. The molecule has 0 aromatic rings. The molecule has 2 unspecified atom stereocenters. The fourth-order valence-corrected chi connectivity index (χ4v) is 1.46. The third-order valence-corrected chi connectivity index (χ3v) is 2.97. The lowest BCUT2D eigenvalue weighted by molar-refractivity contribution is 0.0101. The maximum atomic E-state index is 8.92. The van der Waals surface area contributed by atoms with E-state index < -0.39 is 0 Å². The van der Waals surface area contributed by atoms with Gasteiger partial charge in [-0.1, -0.05) is 46.0 Å². The topological polar surface area (TPSA) is 29.5 Å². The van der Waals surface area contributed by atoms with E-state index in [9.17, 15) is 0 Å². The summed E-state index contributed by atoms with van der Waals surface area (Å²) < 4.78 is 5.64. The molecule has 15 heavy (non-hydrogen) atoms. The molecule has 0 fully saturated rings. The first-order chi connectivity index (χ1) is 7.22. The maximum absolute atomic E-state index is 8.92. The second kappa shape index (κ2) is 10.4. The van der Waals surface area contributed by atoms with Gasteiger partial charge in [-0.2, -0.15) is 0 Å². The van der Waals surface area contributed by atoms with Crippen molar-refractivity contribution in [2.45, 2.75) is 65.4 Å². The minimum Gasteiger partial charge on any atom is -0.396 e. The molecule has 2 nitrogen and oxygen atoms in total. The molecule has 0 aliphatic rings. The molecule has 2 atom stereocenters. The highest BCUT2D eigenvalue weighted by Gasteiger charge is 2.10. The molecule has 0 heterocycles. The summed E-state index contributed by atoms with van der Waals surface area (Å²) >= 11 is 0. The van der Waals surface area contributed by atoms with Gasteiger partial charge in [-0.05, 0) is 13.3 Å². The summed E-state index contributed by atoms with van der Waals surface area (Å²) in [5.74, 6) is 0.255. The SMILES string of the molecule is CCCCCCCCOC(C)C(C)CO. The molecule has 0 aromatic carbocycles. The molecule has 0 amide bonds. The zero-order chi connectivity index (χ0) is 11.5. The summed E-state index contributed by atoms with van der Waals surface area (Å²) in [6, 6.07) is 0. The quantitative estimate of drug-likeness (QED) is 0.567. The van der Waals surface area contributed by atoms with Crippen molar-refractivity contribution in [3.63, 3.8) is 0 Å². The van der Waals surface area contributed by atoms with E-state index in [-0.39, 0.29) is 18.6 Å². The third-order valence-electron chi connectivity index (χ3n) is 2.97. The standard InChI is InChI=1S/C13H28O2/c1-4-5-6-7-8-9-10-15-13(3)12(2)11-14/h12-14H,4-11H2,1-3H3. The first-order valence-corrected chi connectivity index (χ1v) is 6.44. The van der Waals surface area contributed by atoms with E-state index in [0.29, 0.717) is 0 Å². The Morgan fingerprint density at radius 1 is 1.00 bits per heavy atom. The minimum absolute atomic E-state index is 0.186. The summed E-state index contributed by atoms with van der Waals surface area (Å²) in [7, 11) is 0. The zero-order valence-electron chi connectivity index (χ0n) is 10.7. The summed E-state index contributed by atoms with van der Waals surface area (Å²) in [4.78, 5) is 0. The van der Waals surface area contributed by atoms with Crippen LogP contribution in [0.2, 0.25) is 0 Å². The van der Waals surface area contributed by atoms with Crippen LogP contribution in [0.1, 0.15) is 59.3 Å². The van der Waals surface area contributed by atoms with E-state index in [4.69, 9.17) is 9.84 Å². The number of ether oxygens (including phenoxy) is 1. The van der Waals surface area contributed by atoms with Crippen LogP contribution in [0.15, 0.2) is 0 Å². The van der Waals surface area contributed by atoms with Gasteiger partial charge in [0.15, 0.2) is 0 Å². The first kappa shape index (κ1) is 14.9. The lowest BCUT2D eigenvalue weighted by Gasteiger charge is -2.18. The molecule has 0 spiro atoms. The van der Waals surface area contributed by atoms with Crippen molar-refractivity contribution in [1.29, 1.82) is 0 Å². The van der Waals surface area contributed by atoms with Crippen molar-refractivity contribution in [2.24, 2.45) is 5.92 Å². The van der Waals surface area contributed by atoms with E-state index in [0.717, 1.165) is 13.0 Å². The van der Waals surface area contributed by atoms with Gasteiger partial charge in [0.05, 0.1) is 6.10 Å². The minimum atomic E-state index is 0.186. The molecule has 0 aliphatic heterocycles. The Balaban J connectivity index is 3.16. The summed E-state index contributed by atoms with van der Waals surface area (Å²) in [6.45, 7) is 7.36. The van der Waals surface area contributed by atoms with Crippen LogP contribution in [0.25, 0.3) is 0 Å². The predicted molar refractivity (Wildman–Crippen MR) is 65.0 cm³/mol. The van der Waals surface area contributed by atoms with Crippen molar-refractivity contribution in [3.05, 3.63) is 0 Å². The van der Waals surface area contributed by atoms with Crippen molar-refractivity contribution >= 4 is 0 Å². The van der Waals surface area contributed by atoms with Gasteiger partial charge in [0.2, 0.25) is 0 Å². The molecule has 1 N–H and O–H groups in total. The highest BCUT2D eigenvalue weighted by molar-refractivity contribution is 4.59. The maximum Gasteiger partial charge on any atom is 0.0594 e. The molecule has 0 saturated heterocycles. The lowest BCUT2D eigenvalue weighted by Crippen LogP contribution is -2.21. The molecule has 0 radical (unpaired) electrons. The van der Waals surface area contributed by atoms with Crippen LogP contribution in [0, 0.1) is 5.92 Å². The van der Waals surface area contributed by atoms with Gasteiger partial charge in [0.25, 0.3) is 0 Å². The van der Waals surface area contributed by atoms with Crippen LogP contribution in [0.5, 0.6) is 0 Å². The molecule has 0 aromatic heterocycles. The number of rotatable bonds is 10. The Morgan fingerprint density at radius 3 is 2.20 bits per heavy atom. The van der Waals surface area contributed by atoms with Crippen LogP contribution in [0.3, 0.4) is 0 Å². The van der Waals surface area contributed by atoms with Gasteiger partial charge >= 0.3 is 0 Å². The highest BCUT2D eigenvalue weighted by Crippen LogP contribution is 2.09. The van der Waals surface area contributed by atoms with E-state index in [2.05, 4.69) is 6.92 Å². The van der Waals surface area contributed by atoms with E-state index in [1.54, 1.807) is 0 Å². The van der Waals surface area contributed by atoms with Crippen LogP contribution in [-0.2, 0) is 4.74 Å². The number of unbranched alkanes of at least 4 members (excludes halogenated alkanes) is 5. The van der Waals surface area contributed by atoms with Crippen molar-refractivity contribution in [3.8, 4) is 0 Å². The summed E-state index contributed by atoms with van der Waals surface area (Å²) in [5, 5.41) is 8.92. The highest BCUT2D eigenvalue weighted by atomic mass is 16.5. The Bertz CT molecular complexity index is 126.